The Labute approximate surface area is 214 Å². The van der Waals surface area contributed by atoms with E-state index in [9.17, 15) is 9.59 Å². The van der Waals surface area contributed by atoms with E-state index in [2.05, 4.69) is 32.4 Å². The third-order valence-corrected chi connectivity index (χ3v) is 6.80. The Hall–Kier alpha value is -3.50. The van der Waals surface area contributed by atoms with E-state index in [4.69, 9.17) is 16.3 Å². The van der Waals surface area contributed by atoms with Crippen LogP contribution in [0.5, 0.6) is 0 Å². The lowest BCUT2D eigenvalue weighted by Gasteiger charge is -2.42. The maximum absolute atomic E-state index is 13.1. The highest BCUT2D eigenvalue weighted by molar-refractivity contribution is 6.29. The highest BCUT2D eigenvalue weighted by Gasteiger charge is 2.32. The quantitative estimate of drug-likeness (QED) is 0.488. The molecule has 1 aliphatic carbocycles. The Bertz CT molecular complexity index is 1250. The first-order valence-electron chi connectivity index (χ1n) is 12.0. The number of rotatable bonds is 7. The number of hydrogen-bond acceptors (Lipinski definition) is 7. The molecule has 0 bridgehead atoms. The van der Waals surface area contributed by atoms with Crippen molar-refractivity contribution in [3.8, 4) is 5.95 Å². The van der Waals surface area contributed by atoms with Crippen molar-refractivity contribution in [1.29, 1.82) is 0 Å². The number of amides is 2. The Balaban J connectivity index is 1.37. The van der Waals surface area contributed by atoms with Gasteiger partial charge in [0, 0.05) is 57.3 Å². The minimum absolute atomic E-state index is 0.00183. The first kappa shape index (κ1) is 24.2. The van der Waals surface area contributed by atoms with Crippen molar-refractivity contribution in [3.05, 3.63) is 59.3 Å². The molecule has 11 heteroatoms. The molecular formula is C25H28ClN7O3. The van der Waals surface area contributed by atoms with Gasteiger partial charge in [-0.05, 0) is 42.5 Å². The maximum atomic E-state index is 13.1. The zero-order valence-corrected chi connectivity index (χ0v) is 20.8. The number of fused-ring (bicyclic) bond motifs is 1. The number of benzene rings is 1. The summed E-state index contributed by atoms with van der Waals surface area (Å²) in [6.45, 7) is 1.33. The van der Waals surface area contributed by atoms with Crippen molar-refractivity contribution in [2.45, 2.75) is 31.7 Å². The number of nitrogens with zero attached hydrogens (tertiary/aromatic N) is 6. The number of piperazine rings is 1. The number of nitrogens with one attached hydrogen (secondary N) is 1. The fraction of sp³-hybridized carbons (Fsp3) is 0.400. The van der Waals surface area contributed by atoms with Crippen LogP contribution >= 0.6 is 11.6 Å². The Morgan fingerprint density at radius 3 is 2.83 bits per heavy atom. The SMILES string of the molecule is COCC(=O)N1CCN(c2cc(Cl)nc(-n3ccnc3)n2)C(CC(=O)Nc2ccc3c(c2)CCC3)C1. The van der Waals surface area contributed by atoms with E-state index in [1.54, 1.807) is 34.3 Å². The molecule has 1 fully saturated rings. The molecule has 1 aliphatic heterocycles. The van der Waals surface area contributed by atoms with Crippen LogP contribution in [0.15, 0.2) is 43.0 Å². The van der Waals surface area contributed by atoms with Gasteiger partial charge in [0.1, 0.15) is 23.9 Å². The molecule has 2 amide bonds. The summed E-state index contributed by atoms with van der Waals surface area (Å²) >= 11 is 6.34. The van der Waals surface area contributed by atoms with E-state index in [0.717, 1.165) is 24.9 Å². The standard InChI is InChI=1S/C25H28ClN7O3/c1-36-15-24(35)31-9-10-33(22-13-21(26)29-25(30-22)32-8-7-27-16-32)20(14-31)12-23(34)28-19-6-5-17-3-2-4-18(17)11-19/h5-8,11,13,16,20H,2-4,9-10,12,14-15H2,1H3,(H,28,34). The van der Waals surface area contributed by atoms with Gasteiger partial charge in [-0.3, -0.25) is 14.2 Å². The van der Waals surface area contributed by atoms with Crippen LogP contribution in [-0.2, 0) is 27.2 Å². The minimum Gasteiger partial charge on any atom is -0.375 e. The summed E-state index contributed by atoms with van der Waals surface area (Å²) in [5.41, 5.74) is 3.45. The first-order chi connectivity index (χ1) is 17.5. The van der Waals surface area contributed by atoms with E-state index in [1.165, 1.54) is 18.2 Å². The van der Waals surface area contributed by atoms with Crippen LogP contribution in [0.2, 0.25) is 5.15 Å². The van der Waals surface area contributed by atoms with Gasteiger partial charge < -0.3 is 19.9 Å². The summed E-state index contributed by atoms with van der Waals surface area (Å²) in [6.07, 6.45) is 8.43. The Morgan fingerprint density at radius 1 is 1.17 bits per heavy atom. The molecule has 0 saturated carbocycles. The molecule has 5 rings (SSSR count). The van der Waals surface area contributed by atoms with Crippen molar-refractivity contribution in [3.63, 3.8) is 0 Å². The van der Waals surface area contributed by atoms with Crippen molar-refractivity contribution in [2.24, 2.45) is 0 Å². The van der Waals surface area contributed by atoms with Crippen molar-refractivity contribution >= 4 is 34.9 Å². The molecule has 10 nitrogen and oxygen atoms in total. The number of aromatic nitrogens is 4. The predicted octanol–water partition coefficient (Wildman–Crippen LogP) is 2.50. The van der Waals surface area contributed by atoms with Gasteiger partial charge in [0.05, 0.1) is 6.04 Å². The summed E-state index contributed by atoms with van der Waals surface area (Å²) in [6, 6.07) is 7.48. The highest BCUT2D eigenvalue weighted by atomic mass is 35.5. The van der Waals surface area contributed by atoms with Crippen LogP contribution in [0.1, 0.15) is 24.0 Å². The maximum Gasteiger partial charge on any atom is 0.248 e. The van der Waals surface area contributed by atoms with E-state index < -0.39 is 0 Å². The van der Waals surface area contributed by atoms with E-state index >= 15 is 0 Å². The second-order valence-corrected chi connectivity index (χ2v) is 9.42. The molecule has 1 unspecified atom stereocenters. The molecule has 3 heterocycles. The Morgan fingerprint density at radius 2 is 2.03 bits per heavy atom. The number of anilines is 2. The second-order valence-electron chi connectivity index (χ2n) is 9.03. The number of carbonyl (C=O) groups is 2. The number of ether oxygens (including phenoxy) is 1. The second kappa shape index (κ2) is 10.6. The fourth-order valence-electron chi connectivity index (χ4n) is 4.88. The molecule has 1 atom stereocenters. The zero-order chi connectivity index (χ0) is 25.1. The van der Waals surface area contributed by atoms with Gasteiger partial charge in [0.15, 0.2) is 0 Å². The lowest BCUT2D eigenvalue weighted by Crippen LogP contribution is -2.56. The molecule has 0 radical (unpaired) electrons. The summed E-state index contributed by atoms with van der Waals surface area (Å²) in [7, 11) is 1.50. The van der Waals surface area contributed by atoms with Gasteiger partial charge in [-0.1, -0.05) is 17.7 Å². The van der Waals surface area contributed by atoms with Crippen molar-refractivity contribution in [1.82, 2.24) is 24.4 Å². The van der Waals surface area contributed by atoms with Gasteiger partial charge in [-0.15, -0.1) is 0 Å². The van der Waals surface area contributed by atoms with Gasteiger partial charge in [0.2, 0.25) is 17.8 Å². The van der Waals surface area contributed by atoms with Crippen LogP contribution in [-0.4, -0.2) is 75.6 Å². The van der Waals surface area contributed by atoms with Crippen LogP contribution in [0.3, 0.4) is 0 Å². The lowest BCUT2D eigenvalue weighted by atomic mass is 10.1. The largest absolute Gasteiger partial charge is 0.375 e. The molecular weight excluding hydrogens is 482 g/mol. The Kier molecular flexibility index (Phi) is 7.15. The lowest BCUT2D eigenvalue weighted by molar-refractivity contribution is -0.136. The third-order valence-electron chi connectivity index (χ3n) is 6.61. The van der Waals surface area contributed by atoms with Crippen LogP contribution in [0.4, 0.5) is 11.5 Å². The predicted molar refractivity (Wildman–Crippen MR) is 135 cm³/mol. The smallest absolute Gasteiger partial charge is 0.248 e. The summed E-state index contributed by atoms with van der Waals surface area (Å²) in [5, 5.41) is 3.32. The molecule has 2 aromatic heterocycles. The molecule has 1 aromatic carbocycles. The number of methoxy groups -OCH3 is 1. The molecule has 2 aliphatic rings. The monoisotopic (exact) mass is 509 g/mol. The van der Waals surface area contributed by atoms with Crippen LogP contribution in [0.25, 0.3) is 5.95 Å². The molecule has 1 saturated heterocycles. The van der Waals surface area contributed by atoms with Gasteiger partial charge in [0.25, 0.3) is 0 Å². The summed E-state index contributed by atoms with van der Waals surface area (Å²) < 4.78 is 6.71. The van der Waals surface area contributed by atoms with Crippen LogP contribution in [0, 0.1) is 0 Å². The molecule has 36 heavy (non-hydrogen) atoms. The first-order valence-corrected chi connectivity index (χ1v) is 12.4. The van der Waals surface area contributed by atoms with Crippen molar-refractivity contribution < 1.29 is 14.3 Å². The van der Waals surface area contributed by atoms with Gasteiger partial charge in [-0.2, -0.15) is 4.98 Å². The number of imidazole rings is 1. The topological polar surface area (TPSA) is 105 Å². The van der Waals surface area contributed by atoms with E-state index in [-0.39, 0.29) is 36.0 Å². The minimum atomic E-state index is -0.310. The normalized spacial score (nSPS) is 17.2. The van der Waals surface area contributed by atoms with Gasteiger partial charge >= 0.3 is 0 Å². The number of aryl methyl sites for hydroxylation is 2. The highest BCUT2D eigenvalue weighted by Crippen LogP contribution is 2.27. The van der Waals surface area contributed by atoms with E-state index in [1.807, 2.05) is 11.0 Å². The molecule has 1 N–H and O–H groups in total. The van der Waals surface area contributed by atoms with E-state index in [0.29, 0.717) is 31.4 Å². The van der Waals surface area contributed by atoms with Gasteiger partial charge in [-0.25, -0.2) is 9.97 Å². The van der Waals surface area contributed by atoms with Crippen molar-refractivity contribution in [2.75, 3.05) is 43.6 Å². The number of halogens is 1. The third kappa shape index (κ3) is 5.34. The average molecular weight is 510 g/mol. The average Bonchev–Trinajstić information content (AvgIpc) is 3.56. The van der Waals surface area contributed by atoms with Crippen LogP contribution < -0.4 is 10.2 Å². The summed E-state index contributed by atoms with van der Waals surface area (Å²) in [4.78, 5) is 42.5. The fourth-order valence-corrected chi connectivity index (χ4v) is 5.06. The summed E-state index contributed by atoms with van der Waals surface area (Å²) in [5.74, 6) is 0.738. The molecule has 188 valence electrons. The molecule has 3 aromatic rings. The molecule has 0 spiro atoms. The number of carbonyl (C=O) groups excluding carboxylic acids is 2. The number of hydrogen-bond donors (Lipinski definition) is 1. The zero-order valence-electron chi connectivity index (χ0n) is 20.1.